The second-order valence-corrected chi connectivity index (χ2v) is 7.86. The van der Waals surface area contributed by atoms with E-state index in [2.05, 4.69) is 20.1 Å². The minimum Gasteiger partial charge on any atom is -0.348 e. The molecular weight excluding hydrogens is 459 g/mol. The lowest BCUT2D eigenvalue weighted by atomic mass is 9.97. The van der Waals surface area contributed by atoms with Crippen LogP contribution in [0.15, 0.2) is 48.9 Å². The molecule has 7 nitrogen and oxygen atoms in total. The third-order valence-corrected chi connectivity index (χ3v) is 5.73. The van der Waals surface area contributed by atoms with Crippen molar-refractivity contribution in [1.29, 1.82) is 0 Å². The largest absolute Gasteiger partial charge is 0.408 e. The number of alkyl halides is 5. The maximum atomic E-state index is 13.8. The Hall–Kier alpha value is -3.83. The highest BCUT2D eigenvalue weighted by Gasteiger charge is 2.39. The normalized spacial score (nSPS) is 16.3. The molecule has 0 unspecified atom stereocenters. The summed E-state index contributed by atoms with van der Waals surface area (Å²) in [6.45, 7) is -1.60. The van der Waals surface area contributed by atoms with E-state index >= 15 is 0 Å². The highest BCUT2D eigenvalue weighted by molar-refractivity contribution is 5.96. The Bertz CT molecular complexity index is 1360. The van der Waals surface area contributed by atoms with E-state index in [1.165, 1.54) is 11.2 Å². The lowest BCUT2D eigenvalue weighted by molar-refractivity contribution is -0.143. The molecule has 0 bridgehead atoms. The first-order valence-electron chi connectivity index (χ1n) is 10.3. The van der Waals surface area contributed by atoms with Gasteiger partial charge in [0.1, 0.15) is 18.3 Å². The fourth-order valence-corrected chi connectivity index (χ4v) is 4.27. The third kappa shape index (κ3) is 3.88. The molecular formula is C22H17F5N6O. The molecule has 4 aromatic rings. The van der Waals surface area contributed by atoms with Crippen LogP contribution < -0.4 is 0 Å². The van der Waals surface area contributed by atoms with Crippen LogP contribution in [0.3, 0.4) is 0 Å². The van der Waals surface area contributed by atoms with E-state index < -0.39 is 42.4 Å². The molecule has 176 valence electrons. The van der Waals surface area contributed by atoms with Gasteiger partial charge in [-0.15, -0.1) is 0 Å². The number of fused-ring (bicyclic) bond motifs is 2. The molecule has 0 fully saturated rings. The van der Waals surface area contributed by atoms with E-state index in [0.717, 1.165) is 17.3 Å². The van der Waals surface area contributed by atoms with Crippen molar-refractivity contribution in [2.45, 2.75) is 31.6 Å². The first kappa shape index (κ1) is 22.0. The summed E-state index contributed by atoms with van der Waals surface area (Å²) in [5, 5.41) is 4.31. The van der Waals surface area contributed by atoms with Crippen LogP contribution in [0, 0.1) is 0 Å². The highest BCUT2D eigenvalue weighted by Crippen LogP contribution is 2.36. The molecule has 0 saturated heterocycles. The minimum absolute atomic E-state index is 0.125. The fourth-order valence-electron chi connectivity index (χ4n) is 4.27. The number of pyridine rings is 1. The minimum atomic E-state index is -4.78. The maximum absolute atomic E-state index is 13.8. The zero-order valence-corrected chi connectivity index (χ0v) is 17.4. The topological polar surface area (TPSA) is 79.7 Å². The van der Waals surface area contributed by atoms with Gasteiger partial charge in [0, 0.05) is 24.0 Å². The lowest BCUT2D eigenvalue weighted by Crippen LogP contribution is -2.41. The standard InChI is InChI=1S/C22H17F5N6O/c23-20(24)18-13(9-30-33(18)10-22(25,26)27)21(34)32-8-7-15-17(29-11-28-15)19(32)16-6-5-12-3-1-2-4-14(12)31-16/h1-6,9,11,19-20H,7-8,10H2,(H,28,29)/t19-/m1/s1. The van der Waals surface area contributed by atoms with Crippen molar-refractivity contribution >= 4 is 16.8 Å². The number of para-hydroxylation sites is 1. The van der Waals surface area contributed by atoms with Crippen LogP contribution in [0.4, 0.5) is 22.0 Å². The predicted octanol–water partition coefficient (Wildman–Crippen LogP) is 4.44. The van der Waals surface area contributed by atoms with Crippen molar-refractivity contribution in [3.63, 3.8) is 0 Å². The Morgan fingerprint density at radius 3 is 2.74 bits per heavy atom. The van der Waals surface area contributed by atoms with Gasteiger partial charge in [-0.2, -0.15) is 18.3 Å². The maximum Gasteiger partial charge on any atom is 0.408 e. The van der Waals surface area contributed by atoms with Crippen molar-refractivity contribution in [2.75, 3.05) is 6.54 Å². The Morgan fingerprint density at radius 1 is 1.18 bits per heavy atom. The number of aromatic nitrogens is 5. The van der Waals surface area contributed by atoms with Gasteiger partial charge in [-0.25, -0.2) is 13.8 Å². The summed E-state index contributed by atoms with van der Waals surface area (Å²) >= 11 is 0. The van der Waals surface area contributed by atoms with E-state index in [0.29, 0.717) is 23.3 Å². The second-order valence-electron chi connectivity index (χ2n) is 7.86. The van der Waals surface area contributed by atoms with Crippen molar-refractivity contribution in [3.05, 3.63) is 77.3 Å². The Labute approximate surface area is 189 Å². The number of carbonyl (C=O) groups excluding carboxylic acids is 1. The van der Waals surface area contributed by atoms with Gasteiger partial charge in [-0.1, -0.05) is 24.3 Å². The summed E-state index contributed by atoms with van der Waals surface area (Å²) < 4.78 is 66.3. The molecule has 1 aromatic carbocycles. The summed E-state index contributed by atoms with van der Waals surface area (Å²) in [6, 6.07) is 10.1. The number of imidazole rings is 1. The zero-order valence-electron chi connectivity index (χ0n) is 17.4. The SMILES string of the molecule is O=C(c1cnn(CC(F)(F)F)c1C(F)F)N1CCc2[nH]cnc2[C@H]1c1ccc2ccccc2n1. The van der Waals surface area contributed by atoms with Gasteiger partial charge in [0.15, 0.2) is 0 Å². The van der Waals surface area contributed by atoms with Gasteiger partial charge in [0.05, 0.1) is 35.0 Å². The molecule has 0 radical (unpaired) electrons. The van der Waals surface area contributed by atoms with Crippen LogP contribution in [0.5, 0.6) is 0 Å². The summed E-state index contributed by atoms with van der Waals surface area (Å²) in [4.78, 5) is 26.8. The molecule has 1 aliphatic rings. The predicted molar refractivity (Wildman–Crippen MR) is 110 cm³/mol. The van der Waals surface area contributed by atoms with Gasteiger partial charge < -0.3 is 9.88 Å². The molecule has 0 saturated carbocycles. The molecule has 1 amide bonds. The molecule has 1 N–H and O–H groups in total. The van der Waals surface area contributed by atoms with Crippen molar-refractivity contribution in [2.24, 2.45) is 0 Å². The number of benzene rings is 1. The highest BCUT2D eigenvalue weighted by atomic mass is 19.4. The molecule has 5 rings (SSSR count). The molecule has 4 heterocycles. The quantitative estimate of drug-likeness (QED) is 0.442. The molecule has 1 aliphatic heterocycles. The van der Waals surface area contributed by atoms with Crippen LogP contribution in [0.25, 0.3) is 10.9 Å². The Kier molecular flexibility index (Phi) is 5.29. The number of rotatable bonds is 4. The molecule has 34 heavy (non-hydrogen) atoms. The van der Waals surface area contributed by atoms with E-state index in [1.807, 2.05) is 24.3 Å². The summed E-state index contributed by atoms with van der Waals surface area (Å²) in [7, 11) is 0. The van der Waals surface area contributed by atoms with E-state index in [-0.39, 0.29) is 11.2 Å². The summed E-state index contributed by atoms with van der Waals surface area (Å²) in [5.41, 5.74) is 0.751. The molecule has 12 heteroatoms. The molecule has 1 atom stereocenters. The van der Waals surface area contributed by atoms with Crippen LogP contribution >= 0.6 is 0 Å². The van der Waals surface area contributed by atoms with E-state index in [9.17, 15) is 26.7 Å². The average Bonchev–Trinajstić information content (AvgIpc) is 3.43. The average molecular weight is 476 g/mol. The van der Waals surface area contributed by atoms with E-state index in [1.54, 1.807) is 12.1 Å². The van der Waals surface area contributed by atoms with E-state index in [4.69, 9.17) is 0 Å². The zero-order chi connectivity index (χ0) is 24.0. The lowest BCUT2D eigenvalue weighted by Gasteiger charge is -2.34. The van der Waals surface area contributed by atoms with Crippen molar-refractivity contribution in [3.8, 4) is 0 Å². The Morgan fingerprint density at radius 2 is 1.97 bits per heavy atom. The number of hydrogen-bond acceptors (Lipinski definition) is 4. The monoisotopic (exact) mass is 476 g/mol. The molecule has 0 aliphatic carbocycles. The first-order valence-corrected chi connectivity index (χ1v) is 10.3. The first-order chi connectivity index (χ1) is 16.2. The third-order valence-electron chi connectivity index (χ3n) is 5.73. The number of hydrogen-bond donors (Lipinski definition) is 1. The van der Waals surface area contributed by atoms with Gasteiger partial charge in [0.2, 0.25) is 0 Å². The number of carbonyl (C=O) groups is 1. The Balaban J connectivity index is 1.59. The van der Waals surface area contributed by atoms with Crippen LogP contribution in [-0.2, 0) is 13.0 Å². The summed E-state index contributed by atoms with van der Waals surface area (Å²) in [6.07, 6.45) is -5.50. The number of H-pyrrole nitrogens is 1. The van der Waals surface area contributed by atoms with Gasteiger partial charge in [-0.3, -0.25) is 14.5 Å². The number of amides is 1. The number of halogens is 5. The van der Waals surface area contributed by atoms with Gasteiger partial charge >= 0.3 is 6.18 Å². The molecule has 3 aromatic heterocycles. The number of nitrogens with one attached hydrogen (secondary N) is 1. The van der Waals surface area contributed by atoms with Crippen molar-refractivity contribution < 1.29 is 26.7 Å². The van der Waals surface area contributed by atoms with Crippen LogP contribution in [0.1, 0.15) is 45.6 Å². The second kappa shape index (κ2) is 8.19. The smallest absolute Gasteiger partial charge is 0.348 e. The molecule has 0 spiro atoms. The fraction of sp³-hybridized carbons (Fsp3) is 0.273. The van der Waals surface area contributed by atoms with Crippen molar-refractivity contribution in [1.82, 2.24) is 29.6 Å². The summed E-state index contributed by atoms with van der Waals surface area (Å²) in [5.74, 6) is -0.864. The number of aromatic amines is 1. The van der Waals surface area contributed by atoms with Gasteiger partial charge in [-0.05, 0) is 12.1 Å². The van der Waals surface area contributed by atoms with Gasteiger partial charge in [0.25, 0.3) is 12.3 Å². The number of nitrogens with zero attached hydrogens (tertiary/aromatic N) is 5. The van der Waals surface area contributed by atoms with Crippen LogP contribution in [0.2, 0.25) is 0 Å². The van der Waals surface area contributed by atoms with Crippen LogP contribution in [-0.4, -0.2) is 48.3 Å².